The number of azide groups is 1. The normalized spacial score (nSPS) is 13.4. The SMILES string of the molecule is [N-]=[N+]=NCCCCCCCCC/C=C/c1ccc(C2=CC(c3ccccc3)=N/C2=N\n2cc(-c3ccccc3)cc2-c2ccccc2)cc1. The molecule has 5 aromatic rings. The summed E-state index contributed by atoms with van der Waals surface area (Å²) in [6.07, 6.45) is 18.2. The second-order valence-electron chi connectivity index (χ2n) is 12.3. The van der Waals surface area contributed by atoms with Crippen molar-refractivity contribution in [3.05, 3.63) is 167 Å². The predicted octanol–water partition coefficient (Wildman–Crippen LogP) is 12.0. The van der Waals surface area contributed by atoms with Crippen LogP contribution in [-0.2, 0) is 0 Å². The number of allylic oxidation sites excluding steroid dienone is 2. The maximum atomic E-state index is 8.35. The molecule has 0 unspecified atom stereocenters. The Kier molecular flexibility index (Phi) is 11.8. The van der Waals surface area contributed by atoms with Crippen LogP contribution in [-0.4, -0.2) is 22.8 Å². The first-order chi connectivity index (χ1) is 24.3. The largest absolute Gasteiger partial charge is 0.238 e. The van der Waals surface area contributed by atoms with Crippen molar-refractivity contribution in [1.82, 2.24) is 4.68 Å². The van der Waals surface area contributed by atoms with E-state index in [1.54, 1.807) is 0 Å². The molecule has 0 bridgehead atoms. The molecule has 6 rings (SSSR count). The average molecular weight is 643 g/mol. The molecule has 2 heterocycles. The van der Waals surface area contributed by atoms with E-state index in [4.69, 9.17) is 15.6 Å². The summed E-state index contributed by atoms with van der Waals surface area (Å²) >= 11 is 0. The number of benzene rings is 4. The van der Waals surface area contributed by atoms with Gasteiger partial charge in [-0.05, 0) is 53.6 Å². The number of hydrogen-bond donors (Lipinski definition) is 0. The Bertz CT molecular complexity index is 1960. The Morgan fingerprint density at radius 3 is 1.92 bits per heavy atom. The highest BCUT2D eigenvalue weighted by atomic mass is 15.4. The first kappa shape index (κ1) is 33.2. The van der Waals surface area contributed by atoms with E-state index in [0.29, 0.717) is 12.4 Å². The summed E-state index contributed by atoms with van der Waals surface area (Å²) < 4.78 is 1.97. The Hall–Kier alpha value is -5.71. The second kappa shape index (κ2) is 17.4. The van der Waals surface area contributed by atoms with Crippen LogP contribution in [0.4, 0.5) is 0 Å². The molecule has 1 aliphatic rings. The Morgan fingerprint density at radius 2 is 1.24 bits per heavy atom. The van der Waals surface area contributed by atoms with Crippen LogP contribution in [0.5, 0.6) is 0 Å². The summed E-state index contributed by atoms with van der Waals surface area (Å²) in [5.74, 6) is 0.685. The van der Waals surface area contributed by atoms with Gasteiger partial charge in [0.25, 0.3) is 0 Å². The fourth-order valence-corrected chi connectivity index (χ4v) is 6.07. The fraction of sp³-hybridized carbons (Fsp3) is 0.209. The van der Waals surface area contributed by atoms with Gasteiger partial charge in [0.2, 0.25) is 0 Å². The number of unbranched alkanes of at least 4 members (excludes halogenated alkanes) is 7. The summed E-state index contributed by atoms with van der Waals surface area (Å²) in [5, 5.41) is 8.80. The average Bonchev–Trinajstić information content (AvgIpc) is 3.78. The van der Waals surface area contributed by atoms with E-state index < -0.39 is 0 Å². The molecule has 0 fully saturated rings. The standard InChI is InChI=1S/C43H42N6/c44-48-45-30-18-7-5-3-1-2-4-6-11-19-34-26-28-36(29-27-34)40-32-41(37-22-14-9-15-23-37)46-43(40)47-49-33-39(35-20-12-8-13-21-35)31-42(49)38-24-16-10-17-25-38/h8-17,19-29,31-33H,1-7,18,30H2/b19-11+,47-43-. The number of nitrogens with zero attached hydrogens (tertiary/aromatic N) is 6. The zero-order valence-electron chi connectivity index (χ0n) is 27.9. The molecule has 0 saturated carbocycles. The van der Waals surface area contributed by atoms with E-state index in [0.717, 1.165) is 64.1 Å². The van der Waals surface area contributed by atoms with E-state index in [2.05, 4.69) is 125 Å². The molecular formula is C43H42N6. The summed E-state index contributed by atoms with van der Waals surface area (Å²) in [4.78, 5) is 7.90. The zero-order valence-corrected chi connectivity index (χ0v) is 27.9. The lowest BCUT2D eigenvalue weighted by Gasteiger charge is -2.07. The van der Waals surface area contributed by atoms with Crippen LogP contribution < -0.4 is 0 Å². The number of hydrogen-bond acceptors (Lipinski definition) is 2. The minimum Gasteiger partial charge on any atom is -0.238 e. The van der Waals surface area contributed by atoms with E-state index in [1.165, 1.54) is 37.7 Å². The van der Waals surface area contributed by atoms with Gasteiger partial charge in [-0.1, -0.05) is 165 Å². The fourth-order valence-electron chi connectivity index (χ4n) is 6.07. The second-order valence-corrected chi connectivity index (χ2v) is 12.3. The lowest BCUT2D eigenvalue weighted by molar-refractivity contribution is 0.584. The van der Waals surface area contributed by atoms with Gasteiger partial charge in [0, 0.05) is 39.9 Å². The highest BCUT2D eigenvalue weighted by Gasteiger charge is 2.20. The van der Waals surface area contributed by atoms with Crippen molar-refractivity contribution in [2.45, 2.75) is 51.4 Å². The van der Waals surface area contributed by atoms with E-state index in [9.17, 15) is 0 Å². The molecule has 0 radical (unpaired) electrons. The smallest absolute Gasteiger partial charge is 0.181 e. The van der Waals surface area contributed by atoms with Gasteiger partial charge in [0.15, 0.2) is 5.84 Å². The maximum absolute atomic E-state index is 8.35. The van der Waals surface area contributed by atoms with Gasteiger partial charge in [-0.25, -0.2) is 9.67 Å². The molecular weight excluding hydrogens is 601 g/mol. The molecule has 0 aliphatic carbocycles. The third kappa shape index (κ3) is 9.22. The van der Waals surface area contributed by atoms with Crippen LogP contribution in [0.3, 0.4) is 0 Å². The first-order valence-electron chi connectivity index (χ1n) is 17.3. The van der Waals surface area contributed by atoms with Gasteiger partial charge in [-0.15, -0.1) is 5.10 Å². The predicted molar refractivity (Wildman–Crippen MR) is 206 cm³/mol. The number of aromatic nitrogens is 1. The Labute approximate surface area is 289 Å². The number of amidine groups is 1. The van der Waals surface area contributed by atoms with E-state index in [1.807, 2.05) is 35.0 Å². The maximum Gasteiger partial charge on any atom is 0.181 e. The zero-order chi connectivity index (χ0) is 33.5. The minimum atomic E-state index is 0.622. The van der Waals surface area contributed by atoms with Crippen molar-refractivity contribution >= 4 is 23.2 Å². The van der Waals surface area contributed by atoms with Crippen molar-refractivity contribution in [2.24, 2.45) is 15.2 Å². The summed E-state index contributed by atoms with van der Waals surface area (Å²) in [6.45, 7) is 0.622. The molecule has 0 amide bonds. The van der Waals surface area contributed by atoms with Crippen LogP contribution in [0.2, 0.25) is 0 Å². The Morgan fingerprint density at radius 1 is 0.633 bits per heavy atom. The molecule has 1 aromatic heterocycles. The topological polar surface area (TPSA) is 78.4 Å². The molecule has 0 saturated heterocycles. The van der Waals surface area contributed by atoms with Gasteiger partial charge < -0.3 is 0 Å². The van der Waals surface area contributed by atoms with Crippen molar-refractivity contribution in [3.63, 3.8) is 0 Å². The first-order valence-corrected chi connectivity index (χ1v) is 17.3. The van der Waals surface area contributed by atoms with Crippen LogP contribution >= 0.6 is 0 Å². The van der Waals surface area contributed by atoms with Gasteiger partial charge in [-0.3, -0.25) is 0 Å². The molecule has 6 nitrogen and oxygen atoms in total. The molecule has 49 heavy (non-hydrogen) atoms. The van der Waals surface area contributed by atoms with Gasteiger partial charge >= 0.3 is 0 Å². The highest BCUT2D eigenvalue weighted by molar-refractivity contribution is 6.37. The number of rotatable bonds is 16. The van der Waals surface area contributed by atoms with E-state index >= 15 is 0 Å². The van der Waals surface area contributed by atoms with Gasteiger partial charge in [0.1, 0.15) is 0 Å². The molecule has 244 valence electrons. The van der Waals surface area contributed by atoms with Gasteiger partial charge in [-0.2, -0.15) is 0 Å². The summed E-state index contributed by atoms with van der Waals surface area (Å²) in [5.41, 5.74) is 18.0. The minimum absolute atomic E-state index is 0.622. The molecule has 0 spiro atoms. The van der Waals surface area contributed by atoms with Crippen molar-refractivity contribution in [1.29, 1.82) is 0 Å². The van der Waals surface area contributed by atoms with Crippen LogP contribution in [0, 0.1) is 0 Å². The quantitative estimate of drug-likeness (QED) is 0.0444. The van der Waals surface area contributed by atoms with Crippen LogP contribution in [0.1, 0.15) is 68.1 Å². The molecule has 4 aromatic carbocycles. The monoisotopic (exact) mass is 642 g/mol. The van der Waals surface area contributed by atoms with Crippen LogP contribution in [0.15, 0.2) is 155 Å². The summed E-state index contributed by atoms with van der Waals surface area (Å²) in [7, 11) is 0. The third-order valence-corrected chi connectivity index (χ3v) is 8.72. The van der Waals surface area contributed by atoms with E-state index in [-0.39, 0.29) is 0 Å². The molecule has 0 atom stereocenters. The highest BCUT2D eigenvalue weighted by Crippen LogP contribution is 2.31. The molecule has 1 aliphatic heterocycles. The van der Waals surface area contributed by atoms with Crippen LogP contribution in [0.25, 0.3) is 44.5 Å². The number of aliphatic imine (C=N–C) groups is 1. The van der Waals surface area contributed by atoms with Crippen molar-refractivity contribution in [2.75, 3.05) is 6.54 Å². The van der Waals surface area contributed by atoms with Crippen molar-refractivity contribution < 1.29 is 0 Å². The van der Waals surface area contributed by atoms with Crippen molar-refractivity contribution in [3.8, 4) is 22.4 Å². The molecule has 0 N–H and O–H groups in total. The Balaban J connectivity index is 1.18. The lowest BCUT2D eigenvalue weighted by Crippen LogP contribution is -2.01. The summed E-state index contributed by atoms with van der Waals surface area (Å²) in [6, 6.07) is 42.1. The third-order valence-electron chi connectivity index (χ3n) is 8.72. The van der Waals surface area contributed by atoms with Gasteiger partial charge in [0.05, 0.1) is 11.4 Å². The molecule has 6 heteroatoms. The lowest BCUT2D eigenvalue weighted by atomic mass is 10.0.